The van der Waals surface area contributed by atoms with E-state index < -0.39 is 60.6 Å². The van der Waals surface area contributed by atoms with Gasteiger partial charge in [-0.25, -0.2) is 18.7 Å². The van der Waals surface area contributed by atoms with E-state index in [2.05, 4.69) is 9.97 Å². The summed E-state index contributed by atoms with van der Waals surface area (Å²) in [6, 6.07) is 4.16. The first-order chi connectivity index (χ1) is 17.4. The second kappa shape index (κ2) is 9.80. The number of imidazole rings is 1. The molecular weight excluding hydrogens is 506 g/mol. The van der Waals surface area contributed by atoms with Crippen LogP contribution in [-0.4, -0.2) is 56.0 Å². The molecule has 0 spiro atoms. The van der Waals surface area contributed by atoms with Gasteiger partial charge in [-0.1, -0.05) is 12.1 Å². The van der Waals surface area contributed by atoms with E-state index in [9.17, 15) is 27.6 Å². The zero-order valence-corrected chi connectivity index (χ0v) is 19.4. The molecular formula is C22H21F4N5O6. The largest absolute Gasteiger partial charge is 0.463 e. The second-order valence-electron chi connectivity index (χ2n) is 8.26. The van der Waals surface area contributed by atoms with Gasteiger partial charge in [0.2, 0.25) is 5.95 Å². The van der Waals surface area contributed by atoms with Gasteiger partial charge in [0.15, 0.2) is 24.2 Å². The molecule has 3 heterocycles. The number of rotatable bonds is 6. The van der Waals surface area contributed by atoms with Crippen LogP contribution in [0.2, 0.25) is 0 Å². The number of aromatic nitrogens is 4. The lowest BCUT2D eigenvalue weighted by atomic mass is 10.1. The Morgan fingerprint density at radius 3 is 2.43 bits per heavy atom. The maximum Gasteiger partial charge on any atom is 0.416 e. The first kappa shape index (κ1) is 26.1. The third-order valence-corrected chi connectivity index (χ3v) is 5.62. The fraction of sp³-hybridized carbons (Fsp3) is 0.409. The molecule has 1 aliphatic rings. The maximum absolute atomic E-state index is 15.2. The second-order valence-corrected chi connectivity index (χ2v) is 8.26. The van der Waals surface area contributed by atoms with Crippen LogP contribution in [0.3, 0.4) is 0 Å². The lowest BCUT2D eigenvalue weighted by molar-refractivity contribution is -0.154. The zero-order valence-electron chi connectivity index (χ0n) is 19.4. The van der Waals surface area contributed by atoms with Gasteiger partial charge < -0.3 is 19.9 Å². The maximum atomic E-state index is 15.2. The summed E-state index contributed by atoms with van der Waals surface area (Å²) in [4.78, 5) is 44.4. The van der Waals surface area contributed by atoms with Gasteiger partial charge in [-0.3, -0.25) is 14.2 Å². The first-order valence-corrected chi connectivity index (χ1v) is 10.9. The highest BCUT2D eigenvalue weighted by molar-refractivity contribution is 5.72. The number of benzene rings is 1. The van der Waals surface area contributed by atoms with Crippen molar-refractivity contribution in [2.24, 2.45) is 0 Å². The minimum Gasteiger partial charge on any atom is -0.463 e. The number of carbonyl (C=O) groups excluding carboxylic acids is 2. The van der Waals surface area contributed by atoms with E-state index in [1.165, 1.54) is 18.3 Å². The van der Waals surface area contributed by atoms with Gasteiger partial charge in [-0.2, -0.15) is 18.2 Å². The number of ether oxygens (including phenoxy) is 3. The molecule has 37 heavy (non-hydrogen) atoms. The number of nitrogens with zero attached hydrogens (tertiary/aromatic N) is 4. The molecule has 3 aromatic rings. The van der Waals surface area contributed by atoms with Crippen LogP contribution in [0.15, 0.2) is 35.3 Å². The lowest BCUT2D eigenvalue weighted by Crippen LogP contribution is -2.37. The van der Waals surface area contributed by atoms with E-state index in [0.29, 0.717) is 5.56 Å². The molecule has 198 valence electrons. The van der Waals surface area contributed by atoms with Gasteiger partial charge in [-0.05, 0) is 17.7 Å². The van der Waals surface area contributed by atoms with E-state index in [1.807, 2.05) is 0 Å². The molecule has 0 bridgehead atoms. The molecule has 0 saturated carbocycles. The molecule has 0 unspecified atom stereocenters. The number of fused-ring (bicyclic) bond motifs is 1. The zero-order chi connectivity index (χ0) is 27.1. The number of carbonyl (C=O) groups is 2. The first-order valence-electron chi connectivity index (χ1n) is 10.9. The highest BCUT2D eigenvalue weighted by Gasteiger charge is 2.50. The van der Waals surface area contributed by atoms with Gasteiger partial charge in [0.25, 0.3) is 0 Å². The van der Waals surface area contributed by atoms with Gasteiger partial charge >= 0.3 is 23.8 Å². The molecule has 1 aliphatic heterocycles. The van der Waals surface area contributed by atoms with Gasteiger partial charge in [0, 0.05) is 13.8 Å². The fourth-order valence-electron chi connectivity index (χ4n) is 3.99. The number of nitrogens with two attached hydrogens (primary N) is 1. The third-order valence-electron chi connectivity index (χ3n) is 5.62. The minimum atomic E-state index is -4.53. The van der Waals surface area contributed by atoms with Crippen LogP contribution in [-0.2, 0) is 36.5 Å². The summed E-state index contributed by atoms with van der Waals surface area (Å²) < 4.78 is 71.7. The number of hydrogen-bond donors (Lipinski definition) is 1. The highest BCUT2D eigenvalue weighted by atomic mass is 19.4. The van der Waals surface area contributed by atoms with Crippen LogP contribution in [0.5, 0.6) is 0 Å². The highest BCUT2D eigenvalue weighted by Crippen LogP contribution is 2.35. The van der Waals surface area contributed by atoms with Crippen LogP contribution in [0.1, 0.15) is 31.2 Å². The summed E-state index contributed by atoms with van der Waals surface area (Å²) in [5.41, 5.74) is 4.39. The van der Waals surface area contributed by atoms with Crippen molar-refractivity contribution in [2.45, 2.75) is 51.2 Å². The quantitative estimate of drug-likeness (QED) is 0.376. The van der Waals surface area contributed by atoms with E-state index in [0.717, 1.165) is 35.1 Å². The van der Waals surface area contributed by atoms with Crippen molar-refractivity contribution in [1.82, 2.24) is 19.1 Å². The Kier molecular flexibility index (Phi) is 6.90. The van der Waals surface area contributed by atoms with Crippen LogP contribution in [0.4, 0.5) is 23.5 Å². The van der Waals surface area contributed by atoms with Crippen molar-refractivity contribution < 1.29 is 41.4 Å². The number of hydrogen-bond acceptors (Lipinski definition) is 9. The number of anilines is 1. The Balaban J connectivity index is 1.78. The molecule has 1 fully saturated rings. The number of alkyl halides is 4. The molecule has 15 heteroatoms. The summed E-state index contributed by atoms with van der Waals surface area (Å²) in [5, 5.41) is 0. The van der Waals surface area contributed by atoms with Crippen molar-refractivity contribution in [3.8, 4) is 0 Å². The summed E-state index contributed by atoms with van der Waals surface area (Å²) in [5.74, 6) is -1.79. The molecule has 2 N–H and O–H groups in total. The predicted octanol–water partition coefficient (Wildman–Crippen LogP) is 1.97. The Morgan fingerprint density at radius 2 is 1.84 bits per heavy atom. The van der Waals surface area contributed by atoms with Crippen molar-refractivity contribution in [2.75, 3.05) is 12.3 Å². The summed E-state index contributed by atoms with van der Waals surface area (Å²) in [7, 11) is 0. The van der Waals surface area contributed by atoms with Crippen molar-refractivity contribution in [3.05, 3.63) is 52.1 Å². The molecule has 1 saturated heterocycles. The number of esters is 2. The van der Waals surface area contributed by atoms with Crippen molar-refractivity contribution in [3.63, 3.8) is 0 Å². The Labute approximate surface area is 205 Å². The monoisotopic (exact) mass is 527 g/mol. The summed E-state index contributed by atoms with van der Waals surface area (Å²) >= 11 is 0. The molecule has 4 atom stereocenters. The van der Waals surface area contributed by atoms with E-state index in [4.69, 9.17) is 19.9 Å². The fourth-order valence-corrected chi connectivity index (χ4v) is 3.99. The van der Waals surface area contributed by atoms with Crippen LogP contribution < -0.4 is 11.4 Å². The van der Waals surface area contributed by atoms with E-state index in [-0.39, 0.29) is 23.7 Å². The van der Waals surface area contributed by atoms with E-state index >= 15 is 4.39 Å². The number of halogens is 4. The summed E-state index contributed by atoms with van der Waals surface area (Å²) in [6.45, 7) is 1.44. The van der Waals surface area contributed by atoms with Crippen LogP contribution in [0.25, 0.3) is 11.2 Å². The average molecular weight is 527 g/mol. The lowest BCUT2D eigenvalue weighted by Gasteiger charge is -2.19. The van der Waals surface area contributed by atoms with Crippen molar-refractivity contribution in [1.29, 1.82) is 0 Å². The van der Waals surface area contributed by atoms with Gasteiger partial charge in [-0.15, -0.1) is 0 Å². The SMILES string of the molecule is CC(=O)OC[C@H]1O[C@@H](n2c(=O)n(Cc3ccc(C(F)(F)F)cc3)c3cnc(N)nc32)[C@H](OC(C)=O)[C@@H]1F. The van der Waals surface area contributed by atoms with Crippen LogP contribution in [0, 0.1) is 0 Å². The smallest absolute Gasteiger partial charge is 0.416 e. The van der Waals surface area contributed by atoms with Gasteiger partial charge in [0.1, 0.15) is 18.2 Å². The molecule has 2 aromatic heterocycles. The molecule has 4 rings (SSSR count). The standard InChI is InChI=1S/C22H21F4N5O6/c1-10(32)35-9-15-16(23)17(36-11(2)33)19(37-15)31-18-14(7-28-20(27)29-18)30(21(31)34)8-12-3-5-13(6-4-12)22(24,25)26/h3-7,15-17,19H,8-9H2,1-2H3,(H2,27,28,29)/t15-,16-,17-,19-/m1/s1. The third kappa shape index (κ3) is 5.26. The average Bonchev–Trinajstić information content (AvgIpc) is 3.24. The molecule has 0 radical (unpaired) electrons. The van der Waals surface area contributed by atoms with Crippen LogP contribution >= 0.6 is 0 Å². The Morgan fingerprint density at radius 1 is 1.16 bits per heavy atom. The topological polar surface area (TPSA) is 141 Å². The predicted molar refractivity (Wildman–Crippen MR) is 118 cm³/mol. The number of nitrogen functional groups attached to an aromatic ring is 1. The minimum absolute atomic E-state index is 0.0908. The molecule has 1 aromatic carbocycles. The Bertz CT molecular complexity index is 1390. The summed E-state index contributed by atoms with van der Waals surface area (Å²) in [6.07, 6.45) is -9.81. The molecule has 0 aliphatic carbocycles. The van der Waals surface area contributed by atoms with Crippen molar-refractivity contribution >= 4 is 29.1 Å². The van der Waals surface area contributed by atoms with E-state index in [1.54, 1.807) is 0 Å². The Hall–Kier alpha value is -4.01. The molecule has 0 amide bonds. The van der Waals surface area contributed by atoms with Gasteiger partial charge in [0.05, 0.1) is 18.3 Å². The normalized spacial score (nSPS) is 21.8. The molecule has 11 nitrogen and oxygen atoms in total.